The average molecular weight is 374 g/mol. The minimum atomic E-state index is -1.76. The molecule has 1 aliphatic rings. The van der Waals surface area contributed by atoms with Gasteiger partial charge in [0, 0.05) is 20.2 Å². The molecule has 1 N–H and O–H groups in total. The number of hydrogen-bond donors (Lipinski definition) is 1. The number of aliphatic carboxylic acids is 1. The first-order chi connectivity index (χ1) is 11.7. The highest BCUT2D eigenvalue weighted by Gasteiger charge is 2.53. The van der Waals surface area contributed by atoms with Gasteiger partial charge in [0.15, 0.2) is 5.54 Å². The van der Waals surface area contributed by atoms with Crippen LogP contribution < -0.4 is 0 Å². The third kappa shape index (κ3) is 5.48. The molecule has 1 rings (SSSR count). The second kappa shape index (κ2) is 7.69. The highest BCUT2D eigenvalue weighted by molar-refractivity contribution is 5.86. The molecule has 0 aromatic rings. The van der Waals surface area contributed by atoms with Gasteiger partial charge in [0.1, 0.15) is 11.2 Å². The molecule has 0 bridgehead atoms. The topological polar surface area (TPSA) is 106 Å². The maximum absolute atomic E-state index is 12.6. The normalized spacial score (nSPS) is 21.3. The Kier molecular flexibility index (Phi) is 6.51. The van der Waals surface area contributed by atoms with Crippen molar-refractivity contribution < 1.29 is 33.7 Å². The van der Waals surface area contributed by atoms with Crippen molar-refractivity contribution in [1.82, 2.24) is 9.80 Å². The second-order valence-electron chi connectivity index (χ2n) is 8.30. The van der Waals surface area contributed by atoms with Gasteiger partial charge in [-0.15, -0.1) is 0 Å². The van der Waals surface area contributed by atoms with Crippen LogP contribution in [0.3, 0.4) is 0 Å². The van der Waals surface area contributed by atoms with Gasteiger partial charge in [0.05, 0.1) is 13.2 Å². The number of nitrogens with zero attached hydrogens (tertiary/aromatic N) is 2. The number of carboxylic acids is 1. The molecule has 1 heterocycles. The molecule has 150 valence electrons. The molecule has 0 aliphatic carbocycles. The summed E-state index contributed by atoms with van der Waals surface area (Å²) in [6.07, 6.45) is -1.40. The minimum absolute atomic E-state index is 0.0101. The zero-order valence-electron chi connectivity index (χ0n) is 16.6. The fourth-order valence-corrected chi connectivity index (χ4v) is 2.59. The molecule has 1 saturated heterocycles. The molecule has 9 heteroatoms. The van der Waals surface area contributed by atoms with E-state index < -0.39 is 34.9 Å². The highest BCUT2D eigenvalue weighted by Crippen LogP contribution is 2.27. The van der Waals surface area contributed by atoms with Gasteiger partial charge >= 0.3 is 18.2 Å². The molecule has 26 heavy (non-hydrogen) atoms. The summed E-state index contributed by atoms with van der Waals surface area (Å²) in [5, 5.41) is 9.86. The van der Waals surface area contributed by atoms with E-state index in [2.05, 4.69) is 0 Å². The third-order valence-corrected chi connectivity index (χ3v) is 3.61. The lowest BCUT2D eigenvalue weighted by atomic mass is 9.95. The van der Waals surface area contributed by atoms with Crippen LogP contribution >= 0.6 is 0 Å². The molecule has 1 aliphatic heterocycles. The molecule has 0 spiro atoms. The van der Waals surface area contributed by atoms with E-state index in [4.69, 9.17) is 14.2 Å². The van der Waals surface area contributed by atoms with Crippen molar-refractivity contribution in [2.45, 2.75) is 58.3 Å². The Morgan fingerprint density at radius 2 is 1.46 bits per heavy atom. The minimum Gasteiger partial charge on any atom is -0.479 e. The van der Waals surface area contributed by atoms with E-state index in [1.807, 2.05) is 0 Å². The molecule has 0 aromatic heterocycles. The van der Waals surface area contributed by atoms with Crippen LogP contribution in [0.1, 0.15) is 41.5 Å². The Morgan fingerprint density at radius 1 is 0.962 bits per heavy atom. The van der Waals surface area contributed by atoms with E-state index in [0.717, 1.165) is 4.90 Å². The first-order valence-electron chi connectivity index (χ1n) is 8.43. The Labute approximate surface area is 154 Å². The molecule has 1 atom stereocenters. The first-order valence-corrected chi connectivity index (χ1v) is 8.43. The molecule has 0 radical (unpaired) electrons. The smallest absolute Gasteiger partial charge is 0.411 e. The summed E-state index contributed by atoms with van der Waals surface area (Å²) in [6, 6.07) is 0. The number of carbonyl (C=O) groups is 3. The van der Waals surface area contributed by atoms with Gasteiger partial charge in [-0.2, -0.15) is 0 Å². The van der Waals surface area contributed by atoms with Crippen molar-refractivity contribution in [3.05, 3.63) is 0 Å². The number of amides is 2. The van der Waals surface area contributed by atoms with Gasteiger partial charge < -0.3 is 24.2 Å². The summed E-state index contributed by atoms with van der Waals surface area (Å²) in [7, 11) is 1.34. The van der Waals surface area contributed by atoms with E-state index in [1.54, 1.807) is 41.5 Å². The lowest BCUT2D eigenvalue weighted by Crippen LogP contribution is -2.70. The fraction of sp³-hybridized carbons (Fsp3) is 0.824. The number of rotatable bonds is 3. The van der Waals surface area contributed by atoms with Crippen LogP contribution in [0.4, 0.5) is 9.59 Å². The van der Waals surface area contributed by atoms with Crippen LogP contribution in [0, 0.1) is 0 Å². The van der Waals surface area contributed by atoms with E-state index in [9.17, 15) is 19.5 Å². The van der Waals surface area contributed by atoms with Gasteiger partial charge in [0.25, 0.3) is 0 Å². The summed E-state index contributed by atoms with van der Waals surface area (Å²) < 4.78 is 15.7. The van der Waals surface area contributed by atoms with Gasteiger partial charge in [-0.1, -0.05) is 0 Å². The predicted molar refractivity (Wildman–Crippen MR) is 93.0 cm³/mol. The Balaban J connectivity index is 3.14. The van der Waals surface area contributed by atoms with Crippen molar-refractivity contribution in [1.29, 1.82) is 0 Å². The van der Waals surface area contributed by atoms with Crippen LogP contribution in [0.15, 0.2) is 0 Å². The molecule has 1 fully saturated rings. The molecule has 2 amide bonds. The summed E-state index contributed by atoms with van der Waals surface area (Å²) in [5.74, 6) is -1.28. The summed E-state index contributed by atoms with van der Waals surface area (Å²) in [6.45, 7) is 9.83. The molecular weight excluding hydrogens is 344 g/mol. The van der Waals surface area contributed by atoms with Crippen molar-refractivity contribution in [3.63, 3.8) is 0 Å². The zero-order chi connectivity index (χ0) is 20.3. The molecule has 0 aromatic carbocycles. The number of methoxy groups -OCH3 is 1. The molecule has 0 saturated carbocycles. The van der Waals surface area contributed by atoms with E-state index in [0.29, 0.717) is 0 Å². The van der Waals surface area contributed by atoms with E-state index >= 15 is 0 Å². The lowest BCUT2D eigenvalue weighted by molar-refractivity contribution is -0.160. The maximum Gasteiger partial charge on any atom is 0.411 e. The lowest BCUT2D eigenvalue weighted by Gasteiger charge is -2.47. The number of carbonyl (C=O) groups excluding carboxylic acids is 2. The van der Waals surface area contributed by atoms with Crippen LogP contribution in [0.5, 0.6) is 0 Å². The molecular formula is C17H30N2O7. The number of hydrogen-bond acceptors (Lipinski definition) is 6. The van der Waals surface area contributed by atoms with Crippen molar-refractivity contribution >= 4 is 18.2 Å². The highest BCUT2D eigenvalue weighted by atomic mass is 16.6. The third-order valence-electron chi connectivity index (χ3n) is 3.61. The zero-order valence-corrected chi connectivity index (χ0v) is 16.6. The second-order valence-corrected chi connectivity index (χ2v) is 8.30. The SMILES string of the molecule is COCC1(C(=O)O)CN(C(=O)OC(C)(C)C)CCN1C(=O)OC(C)(C)C. The van der Waals surface area contributed by atoms with Crippen LogP contribution in [0.25, 0.3) is 0 Å². The van der Waals surface area contributed by atoms with Gasteiger partial charge in [-0.25, -0.2) is 14.4 Å². The van der Waals surface area contributed by atoms with Gasteiger partial charge in [-0.05, 0) is 41.5 Å². The fourth-order valence-electron chi connectivity index (χ4n) is 2.59. The summed E-state index contributed by atoms with van der Waals surface area (Å²) >= 11 is 0. The number of carboxylic acid groups (broad SMARTS) is 1. The Morgan fingerprint density at radius 3 is 1.88 bits per heavy atom. The summed E-state index contributed by atoms with van der Waals surface area (Å²) in [4.78, 5) is 39.4. The van der Waals surface area contributed by atoms with E-state index in [1.165, 1.54) is 12.0 Å². The van der Waals surface area contributed by atoms with Crippen LogP contribution in [0.2, 0.25) is 0 Å². The van der Waals surface area contributed by atoms with Crippen molar-refractivity contribution in [2.24, 2.45) is 0 Å². The van der Waals surface area contributed by atoms with Crippen molar-refractivity contribution in [2.75, 3.05) is 33.4 Å². The summed E-state index contributed by atoms with van der Waals surface area (Å²) in [5.41, 5.74) is -3.25. The van der Waals surface area contributed by atoms with Crippen LogP contribution in [-0.4, -0.2) is 83.2 Å². The monoisotopic (exact) mass is 374 g/mol. The predicted octanol–water partition coefficient (Wildman–Crippen LogP) is 1.94. The van der Waals surface area contributed by atoms with Gasteiger partial charge in [-0.3, -0.25) is 4.90 Å². The standard InChI is InChI=1S/C17H30N2O7/c1-15(2,3)25-13(22)18-8-9-19(14(23)26-16(4,5)6)17(10-18,11-24-7)12(20)21/h8-11H2,1-7H3,(H,20,21). The largest absolute Gasteiger partial charge is 0.479 e. The van der Waals surface area contributed by atoms with Crippen molar-refractivity contribution in [3.8, 4) is 0 Å². The molecule has 9 nitrogen and oxygen atoms in total. The Hall–Kier alpha value is -2.03. The molecule has 1 unspecified atom stereocenters. The maximum atomic E-state index is 12.6. The van der Waals surface area contributed by atoms with E-state index in [-0.39, 0.29) is 26.2 Å². The first kappa shape index (κ1) is 22.0. The number of piperazine rings is 1. The average Bonchev–Trinajstić information content (AvgIpc) is 2.43. The van der Waals surface area contributed by atoms with Crippen LogP contribution in [-0.2, 0) is 19.0 Å². The number of ether oxygens (including phenoxy) is 3. The quantitative estimate of drug-likeness (QED) is 0.805. The Bertz CT molecular complexity index is 550. The van der Waals surface area contributed by atoms with Gasteiger partial charge in [0.2, 0.25) is 0 Å².